The lowest BCUT2D eigenvalue weighted by Crippen LogP contribution is -2.35. The summed E-state index contributed by atoms with van der Waals surface area (Å²) in [6.45, 7) is 1.37. The molecule has 0 aliphatic heterocycles. The Kier molecular flexibility index (Phi) is 8.31. The van der Waals surface area contributed by atoms with Crippen LogP contribution in [0, 0.1) is 0 Å². The second-order valence-electron chi connectivity index (χ2n) is 8.24. The van der Waals surface area contributed by atoms with E-state index in [0.29, 0.717) is 11.5 Å². The second-order valence-corrected chi connectivity index (χ2v) is 10.3. The van der Waals surface area contributed by atoms with Crippen molar-refractivity contribution < 1.29 is 36.3 Å². The van der Waals surface area contributed by atoms with Crippen molar-refractivity contribution in [2.75, 3.05) is 0 Å². The van der Waals surface area contributed by atoms with Gasteiger partial charge in [-0.3, -0.25) is 4.79 Å². The Morgan fingerprint density at radius 1 is 0.921 bits per heavy atom. The first kappa shape index (κ1) is 27.5. The summed E-state index contributed by atoms with van der Waals surface area (Å²) < 4.78 is 69.9. The molecular formula is C27H22ClF3NO5P. The SMILES string of the molecule is C[C@H](NP(=O)(Oc1ccc(C(F)(F)F)cc1Cl)Oc1cccc2ccccc12)C(=O)OCc1ccccc1. The average molecular weight is 564 g/mol. The predicted octanol–water partition coefficient (Wildman–Crippen LogP) is 7.80. The molecule has 0 spiro atoms. The van der Waals surface area contributed by atoms with Crippen molar-refractivity contribution in [3.63, 3.8) is 0 Å². The third kappa shape index (κ3) is 6.86. The minimum absolute atomic E-state index is 0.0221. The number of alkyl halides is 3. The molecule has 0 aliphatic rings. The van der Waals surface area contributed by atoms with Gasteiger partial charge in [-0.05, 0) is 42.1 Å². The number of hydrogen-bond donors (Lipinski definition) is 1. The molecule has 4 aromatic carbocycles. The van der Waals surface area contributed by atoms with E-state index in [-0.39, 0.29) is 18.1 Å². The number of carbonyl (C=O) groups is 1. The molecule has 0 radical (unpaired) electrons. The quantitative estimate of drug-likeness (QED) is 0.165. The number of esters is 1. The average Bonchev–Trinajstić information content (AvgIpc) is 2.88. The van der Waals surface area contributed by atoms with Crippen molar-refractivity contribution >= 4 is 36.1 Å². The fraction of sp³-hybridized carbons (Fsp3) is 0.148. The van der Waals surface area contributed by atoms with Crippen LogP contribution in [0.5, 0.6) is 11.5 Å². The lowest BCUT2D eigenvalue weighted by atomic mass is 10.1. The van der Waals surface area contributed by atoms with Gasteiger partial charge in [-0.25, -0.2) is 4.57 Å². The number of nitrogens with one attached hydrogen (secondary N) is 1. The Bertz CT molecular complexity index is 1480. The van der Waals surface area contributed by atoms with E-state index in [1.807, 2.05) is 24.3 Å². The van der Waals surface area contributed by atoms with Gasteiger partial charge in [0.1, 0.15) is 24.1 Å². The van der Waals surface area contributed by atoms with Crippen LogP contribution >= 0.6 is 19.3 Å². The lowest BCUT2D eigenvalue weighted by molar-refractivity contribution is -0.146. The normalized spacial score (nSPS) is 13.9. The molecule has 0 fully saturated rings. The fourth-order valence-corrected chi connectivity index (χ4v) is 5.33. The third-order valence-corrected chi connectivity index (χ3v) is 7.25. The number of benzene rings is 4. The number of carbonyl (C=O) groups excluding carboxylic acids is 1. The van der Waals surface area contributed by atoms with Crippen LogP contribution in [0.4, 0.5) is 13.2 Å². The predicted molar refractivity (Wildman–Crippen MR) is 138 cm³/mol. The van der Waals surface area contributed by atoms with E-state index in [9.17, 15) is 22.5 Å². The number of fused-ring (bicyclic) bond motifs is 1. The highest BCUT2D eigenvalue weighted by Gasteiger charge is 2.36. The maximum atomic E-state index is 14.0. The summed E-state index contributed by atoms with van der Waals surface area (Å²) in [5, 5.41) is 3.45. The number of rotatable bonds is 9. The van der Waals surface area contributed by atoms with Gasteiger partial charge in [0, 0.05) is 5.39 Å². The van der Waals surface area contributed by atoms with Gasteiger partial charge in [-0.15, -0.1) is 0 Å². The van der Waals surface area contributed by atoms with Gasteiger partial charge < -0.3 is 13.8 Å². The summed E-state index contributed by atoms with van der Waals surface area (Å²) in [5.74, 6) is -0.926. The van der Waals surface area contributed by atoms with Crippen molar-refractivity contribution in [1.82, 2.24) is 5.09 Å². The largest absolute Gasteiger partial charge is 0.513 e. The van der Waals surface area contributed by atoms with Gasteiger partial charge in [0.15, 0.2) is 0 Å². The van der Waals surface area contributed by atoms with Crippen molar-refractivity contribution in [3.8, 4) is 11.5 Å². The van der Waals surface area contributed by atoms with Gasteiger partial charge in [0.05, 0.1) is 10.6 Å². The molecule has 0 bridgehead atoms. The molecule has 1 unspecified atom stereocenters. The molecule has 4 rings (SSSR count). The van der Waals surface area contributed by atoms with E-state index < -0.39 is 36.5 Å². The molecule has 11 heteroatoms. The summed E-state index contributed by atoms with van der Waals surface area (Å²) >= 11 is 6.04. The minimum Gasteiger partial charge on any atom is -0.460 e. The molecule has 198 valence electrons. The Hall–Kier alpha value is -3.52. The summed E-state index contributed by atoms with van der Waals surface area (Å²) in [7, 11) is -4.47. The number of halogens is 4. The van der Waals surface area contributed by atoms with E-state index in [0.717, 1.165) is 23.1 Å². The van der Waals surface area contributed by atoms with Crippen LogP contribution < -0.4 is 14.1 Å². The van der Waals surface area contributed by atoms with Gasteiger partial charge in [0.2, 0.25) is 0 Å². The monoisotopic (exact) mass is 563 g/mol. The Morgan fingerprint density at radius 3 is 2.29 bits per heavy atom. The van der Waals surface area contributed by atoms with Crippen LogP contribution in [-0.2, 0) is 26.9 Å². The highest BCUT2D eigenvalue weighted by Crippen LogP contribution is 2.49. The van der Waals surface area contributed by atoms with Crippen LogP contribution in [0.25, 0.3) is 10.8 Å². The van der Waals surface area contributed by atoms with Gasteiger partial charge >= 0.3 is 19.9 Å². The van der Waals surface area contributed by atoms with Crippen molar-refractivity contribution in [3.05, 3.63) is 107 Å². The molecule has 0 heterocycles. The summed E-state index contributed by atoms with van der Waals surface area (Å²) in [4.78, 5) is 12.7. The molecule has 0 amide bonds. The van der Waals surface area contributed by atoms with E-state index in [1.54, 1.807) is 48.5 Å². The van der Waals surface area contributed by atoms with Crippen LogP contribution in [-0.4, -0.2) is 12.0 Å². The molecule has 0 aromatic heterocycles. The molecule has 0 saturated carbocycles. The lowest BCUT2D eigenvalue weighted by Gasteiger charge is -2.24. The van der Waals surface area contributed by atoms with Gasteiger partial charge in [-0.1, -0.05) is 78.3 Å². The second kappa shape index (κ2) is 11.5. The van der Waals surface area contributed by atoms with E-state index in [2.05, 4.69) is 5.09 Å². The van der Waals surface area contributed by atoms with Crippen LogP contribution in [0.3, 0.4) is 0 Å². The fourth-order valence-electron chi connectivity index (χ4n) is 3.50. The number of hydrogen-bond acceptors (Lipinski definition) is 5. The maximum absolute atomic E-state index is 14.0. The Morgan fingerprint density at radius 2 is 1.58 bits per heavy atom. The van der Waals surface area contributed by atoms with Crippen LogP contribution in [0.15, 0.2) is 91.0 Å². The van der Waals surface area contributed by atoms with E-state index in [4.69, 9.17) is 25.4 Å². The standard InChI is InChI=1S/C27H22ClF3NO5P/c1-18(26(33)35-17-19-8-3-2-4-9-19)32-38(34,36-24-13-7-11-20-10-5-6-12-22(20)24)37-25-15-14-21(16-23(25)28)27(29,30)31/h2-16,18H,17H2,1H3,(H,32,34)/t18-,38?/m0/s1. The van der Waals surface area contributed by atoms with Crippen molar-refractivity contribution in [2.24, 2.45) is 0 Å². The van der Waals surface area contributed by atoms with Gasteiger partial charge in [-0.2, -0.15) is 18.3 Å². The first-order valence-electron chi connectivity index (χ1n) is 11.4. The molecule has 1 N–H and O–H groups in total. The van der Waals surface area contributed by atoms with Crippen molar-refractivity contribution in [2.45, 2.75) is 25.7 Å². The molecule has 0 saturated heterocycles. The van der Waals surface area contributed by atoms with Crippen molar-refractivity contribution in [1.29, 1.82) is 0 Å². The molecule has 0 aliphatic carbocycles. The number of ether oxygens (including phenoxy) is 1. The zero-order chi connectivity index (χ0) is 27.3. The highest BCUT2D eigenvalue weighted by atomic mass is 35.5. The Labute approximate surface area is 221 Å². The van der Waals surface area contributed by atoms with E-state index >= 15 is 0 Å². The molecular weight excluding hydrogens is 542 g/mol. The molecule has 2 atom stereocenters. The first-order chi connectivity index (χ1) is 18.0. The van der Waals surface area contributed by atoms with Crippen LogP contribution in [0.2, 0.25) is 5.02 Å². The molecule has 4 aromatic rings. The smallest absolute Gasteiger partial charge is 0.460 e. The molecule has 38 heavy (non-hydrogen) atoms. The summed E-state index contributed by atoms with van der Waals surface area (Å²) in [5.41, 5.74) is -0.263. The minimum atomic E-state index is -4.64. The first-order valence-corrected chi connectivity index (χ1v) is 13.3. The zero-order valence-corrected chi connectivity index (χ0v) is 21.6. The third-order valence-electron chi connectivity index (χ3n) is 5.38. The summed E-state index contributed by atoms with van der Waals surface area (Å²) in [6, 6.07) is 22.2. The van der Waals surface area contributed by atoms with Crippen LogP contribution in [0.1, 0.15) is 18.1 Å². The highest BCUT2D eigenvalue weighted by molar-refractivity contribution is 7.52. The summed E-state index contributed by atoms with van der Waals surface area (Å²) in [6.07, 6.45) is -4.64. The maximum Gasteiger partial charge on any atom is 0.513 e. The molecule has 6 nitrogen and oxygen atoms in total. The van der Waals surface area contributed by atoms with Gasteiger partial charge in [0.25, 0.3) is 0 Å². The Balaban J connectivity index is 1.61. The van der Waals surface area contributed by atoms with E-state index in [1.165, 1.54) is 6.92 Å². The zero-order valence-electron chi connectivity index (χ0n) is 19.9. The topological polar surface area (TPSA) is 73.9 Å².